The first-order chi connectivity index (χ1) is 16.5. The molecule has 2 saturated heterocycles. The van der Waals surface area contributed by atoms with Crippen LogP contribution >= 0.6 is 0 Å². The van der Waals surface area contributed by atoms with Gasteiger partial charge in [-0.05, 0) is 29.7 Å². The zero-order chi connectivity index (χ0) is 23.7. The summed E-state index contributed by atoms with van der Waals surface area (Å²) in [7, 11) is 0. The van der Waals surface area contributed by atoms with Crippen LogP contribution < -0.4 is 10.6 Å². The summed E-state index contributed by atoms with van der Waals surface area (Å²) in [4.78, 5) is 40.5. The Morgan fingerprint density at radius 2 is 1.79 bits per heavy atom. The van der Waals surface area contributed by atoms with Gasteiger partial charge in [-0.25, -0.2) is 4.39 Å². The summed E-state index contributed by atoms with van der Waals surface area (Å²) in [6, 6.07) is 10.1. The molecule has 0 bridgehead atoms. The Balaban J connectivity index is 1.26. The summed E-state index contributed by atoms with van der Waals surface area (Å²) in [5.41, 5.74) is 3.72. The number of rotatable bonds is 6. The van der Waals surface area contributed by atoms with Crippen LogP contribution in [-0.4, -0.2) is 59.9 Å². The van der Waals surface area contributed by atoms with Crippen molar-refractivity contribution in [1.29, 1.82) is 0 Å². The van der Waals surface area contributed by atoms with Gasteiger partial charge in [0.05, 0.1) is 13.2 Å². The maximum Gasteiger partial charge on any atom is 0.255 e. The lowest BCUT2D eigenvalue weighted by Crippen LogP contribution is -2.52. The molecule has 0 radical (unpaired) electrons. The number of hydrogen-bond donors (Lipinski definition) is 2. The number of hydrogen-bond acceptors (Lipinski definition) is 6. The summed E-state index contributed by atoms with van der Waals surface area (Å²) in [5.74, 6) is -1.72. The molecule has 9 heteroatoms. The van der Waals surface area contributed by atoms with Crippen molar-refractivity contribution in [2.45, 2.75) is 38.5 Å². The molecule has 3 aliphatic heterocycles. The molecule has 8 nitrogen and oxygen atoms in total. The van der Waals surface area contributed by atoms with Crippen LogP contribution in [0.1, 0.15) is 39.9 Å². The van der Waals surface area contributed by atoms with Crippen molar-refractivity contribution in [2.24, 2.45) is 0 Å². The zero-order valence-electron chi connectivity index (χ0n) is 18.8. The Morgan fingerprint density at radius 3 is 2.53 bits per heavy atom. The van der Waals surface area contributed by atoms with Gasteiger partial charge in [0.1, 0.15) is 11.9 Å². The average Bonchev–Trinajstić information content (AvgIpc) is 3.15. The third kappa shape index (κ3) is 4.67. The van der Waals surface area contributed by atoms with Gasteiger partial charge in [-0.1, -0.05) is 24.3 Å². The van der Waals surface area contributed by atoms with Crippen LogP contribution in [0.3, 0.4) is 0 Å². The standard InChI is InChI=1S/C25H27FN4O4/c26-18-11-19-20(15-30(25(19)33)22-5-6-23(31)28-24(22)32)21(12-18)27-13-16-1-3-17(4-2-16)14-29-7-9-34-10-8-29/h1-4,11-12,22,27H,5-10,13-15H2,(H,28,31,32). The maximum absolute atomic E-state index is 14.3. The van der Waals surface area contributed by atoms with Crippen molar-refractivity contribution < 1.29 is 23.5 Å². The van der Waals surface area contributed by atoms with Crippen molar-refractivity contribution in [3.05, 3.63) is 64.5 Å². The van der Waals surface area contributed by atoms with Crippen LogP contribution in [0, 0.1) is 5.82 Å². The molecule has 3 aliphatic rings. The Morgan fingerprint density at radius 1 is 1.06 bits per heavy atom. The molecule has 2 aromatic rings. The van der Waals surface area contributed by atoms with E-state index in [2.05, 4.69) is 27.7 Å². The second kappa shape index (κ2) is 9.52. The smallest absolute Gasteiger partial charge is 0.255 e. The first-order valence-electron chi connectivity index (χ1n) is 11.6. The van der Waals surface area contributed by atoms with Crippen LogP contribution in [0.2, 0.25) is 0 Å². The summed E-state index contributed by atoms with van der Waals surface area (Å²) in [6.07, 6.45) is 0.448. The molecule has 0 spiro atoms. The van der Waals surface area contributed by atoms with Crippen LogP contribution in [0.15, 0.2) is 36.4 Å². The molecule has 1 atom stereocenters. The molecule has 34 heavy (non-hydrogen) atoms. The van der Waals surface area contributed by atoms with E-state index in [0.717, 1.165) is 38.4 Å². The summed E-state index contributed by atoms with van der Waals surface area (Å²) in [5, 5.41) is 5.55. The molecule has 0 aliphatic carbocycles. The minimum absolute atomic E-state index is 0.178. The van der Waals surface area contributed by atoms with Gasteiger partial charge < -0.3 is 15.0 Å². The van der Waals surface area contributed by atoms with Crippen molar-refractivity contribution in [3.8, 4) is 0 Å². The fraction of sp³-hybridized carbons (Fsp3) is 0.400. The number of benzene rings is 2. The van der Waals surface area contributed by atoms with Gasteiger partial charge in [0.15, 0.2) is 0 Å². The van der Waals surface area contributed by atoms with Gasteiger partial charge in [0.25, 0.3) is 5.91 Å². The number of anilines is 1. The molecule has 3 heterocycles. The van der Waals surface area contributed by atoms with Gasteiger partial charge in [0.2, 0.25) is 11.8 Å². The summed E-state index contributed by atoms with van der Waals surface area (Å²) in [6.45, 7) is 4.95. The third-order valence-corrected chi connectivity index (χ3v) is 6.64. The molecule has 2 aromatic carbocycles. The largest absolute Gasteiger partial charge is 0.381 e. The van der Waals surface area contributed by atoms with Crippen molar-refractivity contribution in [2.75, 3.05) is 31.6 Å². The van der Waals surface area contributed by atoms with E-state index >= 15 is 0 Å². The van der Waals surface area contributed by atoms with Gasteiger partial charge in [-0.3, -0.25) is 24.6 Å². The van der Waals surface area contributed by atoms with Gasteiger partial charge >= 0.3 is 0 Å². The van der Waals surface area contributed by atoms with Crippen molar-refractivity contribution in [1.82, 2.24) is 15.1 Å². The predicted octanol–water partition coefficient (Wildman–Crippen LogP) is 2.03. The molecule has 2 N–H and O–H groups in total. The summed E-state index contributed by atoms with van der Waals surface area (Å²) >= 11 is 0. The SMILES string of the molecule is O=C1CCC(N2Cc3c(NCc4ccc(CN5CCOCC5)cc4)cc(F)cc3C2=O)C(=O)N1. The fourth-order valence-electron chi connectivity index (χ4n) is 4.76. The van der Waals surface area contributed by atoms with Crippen molar-refractivity contribution >= 4 is 23.4 Å². The van der Waals surface area contributed by atoms with Crippen molar-refractivity contribution in [3.63, 3.8) is 0 Å². The van der Waals surface area contributed by atoms with Crippen LogP contribution in [0.4, 0.5) is 10.1 Å². The molecule has 178 valence electrons. The minimum atomic E-state index is -0.729. The lowest BCUT2D eigenvalue weighted by Gasteiger charge is -2.29. The molecule has 5 rings (SSSR count). The lowest BCUT2D eigenvalue weighted by molar-refractivity contribution is -0.136. The highest BCUT2D eigenvalue weighted by atomic mass is 19.1. The highest BCUT2D eigenvalue weighted by molar-refractivity contribution is 6.06. The van der Waals surface area contributed by atoms with E-state index in [1.807, 2.05) is 12.1 Å². The number of imide groups is 1. The Hall–Kier alpha value is -3.30. The highest BCUT2D eigenvalue weighted by Gasteiger charge is 2.40. The van der Waals surface area contributed by atoms with Gasteiger partial charge in [0, 0.05) is 56.0 Å². The molecule has 0 saturated carbocycles. The molecule has 0 aromatic heterocycles. The number of ether oxygens (including phenoxy) is 1. The van der Waals surface area contributed by atoms with Crippen LogP contribution in [-0.2, 0) is 34.0 Å². The van der Waals surface area contributed by atoms with E-state index in [4.69, 9.17) is 4.74 Å². The number of carbonyl (C=O) groups excluding carboxylic acids is 3. The van der Waals surface area contributed by atoms with Gasteiger partial charge in [-0.15, -0.1) is 0 Å². The predicted molar refractivity (Wildman–Crippen MR) is 122 cm³/mol. The van der Waals surface area contributed by atoms with E-state index in [1.54, 1.807) is 0 Å². The highest BCUT2D eigenvalue weighted by Crippen LogP contribution is 2.33. The Labute approximate surface area is 197 Å². The van der Waals surface area contributed by atoms with Crippen LogP contribution in [0.25, 0.3) is 0 Å². The number of fused-ring (bicyclic) bond motifs is 1. The molecular formula is C25H27FN4O4. The topological polar surface area (TPSA) is 91.0 Å². The van der Waals surface area contributed by atoms with Crippen LogP contribution in [0.5, 0.6) is 0 Å². The maximum atomic E-state index is 14.3. The van der Waals surface area contributed by atoms with E-state index in [1.165, 1.54) is 22.6 Å². The number of carbonyl (C=O) groups is 3. The second-order valence-electron chi connectivity index (χ2n) is 8.94. The number of halogens is 1. The molecule has 1 unspecified atom stereocenters. The van der Waals surface area contributed by atoms with E-state index in [0.29, 0.717) is 17.8 Å². The third-order valence-electron chi connectivity index (χ3n) is 6.64. The van der Waals surface area contributed by atoms with Gasteiger partial charge in [-0.2, -0.15) is 0 Å². The molecule has 2 fully saturated rings. The first-order valence-corrected chi connectivity index (χ1v) is 11.6. The number of nitrogens with zero attached hydrogens (tertiary/aromatic N) is 2. The lowest BCUT2D eigenvalue weighted by atomic mass is 10.0. The number of amides is 3. The van der Waals surface area contributed by atoms with E-state index in [9.17, 15) is 18.8 Å². The molecular weight excluding hydrogens is 439 g/mol. The Bertz CT molecular complexity index is 1110. The molecule has 3 amide bonds. The minimum Gasteiger partial charge on any atom is -0.381 e. The number of morpholine rings is 1. The zero-order valence-corrected chi connectivity index (χ0v) is 18.8. The van der Waals surface area contributed by atoms with E-state index in [-0.39, 0.29) is 36.8 Å². The van der Waals surface area contributed by atoms with E-state index < -0.39 is 17.8 Å². The number of nitrogens with one attached hydrogen (secondary N) is 2. The first kappa shape index (κ1) is 22.5. The number of piperidine rings is 1. The monoisotopic (exact) mass is 466 g/mol. The fourth-order valence-corrected chi connectivity index (χ4v) is 4.76. The average molecular weight is 467 g/mol. The summed E-state index contributed by atoms with van der Waals surface area (Å²) < 4.78 is 19.7. The normalized spacial score (nSPS) is 20.9. The second-order valence-corrected chi connectivity index (χ2v) is 8.94. The quantitative estimate of drug-likeness (QED) is 0.634. The Kier molecular flexibility index (Phi) is 6.30.